The van der Waals surface area contributed by atoms with Crippen LogP contribution >= 0.6 is 0 Å². The van der Waals surface area contributed by atoms with Gasteiger partial charge in [-0.25, -0.2) is 0 Å². The van der Waals surface area contributed by atoms with Crippen molar-refractivity contribution in [3.05, 3.63) is 92.1 Å². The number of nitrogens with zero attached hydrogens (tertiary/aromatic N) is 3. The Labute approximate surface area is 317 Å². The van der Waals surface area contributed by atoms with Crippen LogP contribution in [-0.4, -0.2) is 50.4 Å². The number of hydrogen-bond donors (Lipinski definition) is 0. The summed E-state index contributed by atoms with van der Waals surface area (Å²) in [5, 5.41) is 4.44. The van der Waals surface area contributed by atoms with Crippen molar-refractivity contribution < 1.29 is 57.7 Å². The first kappa shape index (κ1) is 43.4. The standard InChI is InChI=1S/C39H54N3Si.3ClH.Ti/c1-23-17-33(20-36(26(23)4)40(11)12)43(39-31(9)29(7)30(8)32(39)10,34-18-24(2)27(5)37(21-34)41(13)14)35-19-25(3)28(6)38(22-35)42(15)16;;;;/h17-22H,1-16H3;3*1H;/q;;;;+3/p-3. The summed E-state index contributed by atoms with van der Waals surface area (Å²) in [6, 6.07) is 15.3. The van der Waals surface area contributed by atoms with Gasteiger partial charge >= 0.3 is 283 Å². The van der Waals surface area contributed by atoms with Crippen LogP contribution in [0.3, 0.4) is 0 Å². The minimum atomic E-state index is -2.92. The van der Waals surface area contributed by atoms with Gasteiger partial charge in [0.1, 0.15) is 0 Å². The van der Waals surface area contributed by atoms with Gasteiger partial charge in [0, 0.05) is 0 Å². The molecule has 0 saturated heterocycles. The fraction of sp³-hybridized carbons (Fsp3) is 0.436. The average Bonchev–Trinajstić information content (AvgIpc) is 3.09. The first-order chi connectivity index (χ1) is 20.3. The minimum absolute atomic E-state index is 0. The third-order valence-corrected chi connectivity index (χ3v) is 19.3. The van der Waals surface area contributed by atoms with Gasteiger partial charge < -0.3 is 37.2 Å². The maximum absolute atomic E-state index is 2.92. The molecule has 3 aromatic carbocycles. The van der Waals surface area contributed by atoms with E-state index in [1.807, 2.05) is 0 Å². The molecule has 3 nitrogen and oxygen atoms in total. The van der Waals surface area contributed by atoms with Crippen LogP contribution in [-0.2, 0) is 20.4 Å². The zero-order valence-corrected chi connectivity index (χ0v) is 36.3. The topological polar surface area (TPSA) is 9.72 Å². The summed E-state index contributed by atoms with van der Waals surface area (Å²) in [5.41, 5.74) is 18.0. The van der Waals surface area contributed by atoms with E-state index in [1.54, 1.807) is 0 Å². The second-order valence-corrected chi connectivity index (χ2v) is 19.9. The largest absolute Gasteiger partial charge is 1.00 e. The maximum Gasteiger partial charge on any atom is -1.00 e. The number of allylic oxidation sites excluding steroid dienone is 4. The maximum atomic E-state index is 2.59. The quantitative estimate of drug-likeness (QED) is 0.208. The Morgan fingerprint density at radius 2 is 0.681 bits per heavy atom. The molecule has 1 aliphatic carbocycles. The van der Waals surface area contributed by atoms with Crippen molar-refractivity contribution >= 4 is 40.7 Å². The zero-order valence-electron chi connectivity index (χ0n) is 31.4. The summed E-state index contributed by atoms with van der Waals surface area (Å²) in [6.07, 6.45) is 0. The first-order valence-corrected chi connectivity index (χ1v) is 18.6. The van der Waals surface area contributed by atoms with Gasteiger partial charge in [0.15, 0.2) is 0 Å². The van der Waals surface area contributed by atoms with Crippen LogP contribution in [0.2, 0.25) is 3.34 Å². The monoisotopic (exact) mass is 745 g/mol. The van der Waals surface area contributed by atoms with Crippen LogP contribution in [0.25, 0.3) is 0 Å². The summed E-state index contributed by atoms with van der Waals surface area (Å²) in [5.74, 6) is 0. The predicted molar refractivity (Wildman–Crippen MR) is 195 cm³/mol. The summed E-state index contributed by atoms with van der Waals surface area (Å²) in [7, 11) is 10.2. The summed E-state index contributed by atoms with van der Waals surface area (Å²) >= 11 is 2.59. The van der Waals surface area contributed by atoms with Gasteiger partial charge in [0.25, 0.3) is 0 Å². The summed E-state index contributed by atoms with van der Waals surface area (Å²) < 4.78 is -0.178. The zero-order chi connectivity index (χ0) is 33.2. The molecule has 0 atom stereocenters. The molecule has 47 heavy (non-hydrogen) atoms. The Bertz CT molecular complexity index is 1550. The molecule has 0 aromatic heterocycles. The van der Waals surface area contributed by atoms with Crippen molar-refractivity contribution in [3.8, 4) is 0 Å². The van der Waals surface area contributed by atoms with E-state index in [9.17, 15) is 0 Å². The van der Waals surface area contributed by atoms with Crippen molar-refractivity contribution in [3.63, 3.8) is 0 Å². The molecule has 8 heteroatoms. The Balaban J connectivity index is 0.00000368. The van der Waals surface area contributed by atoms with E-state index in [4.69, 9.17) is 0 Å². The molecule has 0 amide bonds. The molecule has 254 valence electrons. The average molecular weight is 747 g/mol. The number of hydrogen-bond acceptors (Lipinski definition) is 3. The van der Waals surface area contributed by atoms with E-state index in [1.165, 1.54) is 88.3 Å². The number of rotatable bonds is 7. The van der Waals surface area contributed by atoms with E-state index in [2.05, 4.69) is 183 Å². The number of halogens is 3. The van der Waals surface area contributed by atoms with Gasteiger partial charge in [-0.2, -0.15) is 0 Å². The molecule has 0 aliphatic heterocycles. The Morgan fingerprint density at radius 1 is 0.447 bits per heavy atom. The molecule has 0 spiro atoms. The molecule has 4 rings (SSSR count). The minimum Gasteiger partial charge on any atom is -1.00 e. The molecule has 0 unspecified atom stereocenters. The van der Waals surface area contributed by atoms with Crippen LogP contribution < -0.4 is 67.5 Å². The van der Waals surface area contributed by atoms with Gasteiger partial charge in [-0.15, -0.1) is 0 Å². The van der Waals surface area contributed by atoms with Crippen LogP contribution in [0.5, 0.6) is 0 Å². The molecule has 0 fully saturated rings. The van der Waals surface area contributed by atoms with E-state index in [0.29, 0.717) is 0 Å². The normalized spacial score (nSPS) is 14.0. The molecule has 0 N–H and O–H groups in total. The predicted octanol–water partition coefficient (Wildman–Crippen LogP) is -1.85. The van der Waals surface area contributed by atoms with E-state index in [0.717, 1.165) is 0 Å². The molecule has 0 heterocycles. The third kappa shape index (κ3) is 6.65. The van der Waals surface area contributed by atoms with Crippen molar-refractivity contribution in [1.82, 2.24) is 0 Å². The van der Waals surface area contributed by atoms with Gasteiger partial charge in [0.05, 0.1) is 0 Å². The number of aryl methyl sites for hydroxylation is 3. The van der Waals surface area contributed by atoms with Crippen LogP contribution in [0.15, 0.2) is 58.7 Å². The molecular formula is C39H54Cl3N3SiTi. The van der Waals surface area contributed by atoms with E-state index in [-0.39, 0.29) is 40.6 Å². The Morgan fingerprint density at radius 3 is 0.894 bits per heavy atom. The van der Waals surface area contributed by atoms with Crippen molar-refractivity contribution in [2.24, 2.45) is 0 Å². The molecule has 0 saturated carbocycles. The molecule has 1 aliphatic rings. The molecular weight excluding hydrogens is 693 g/mol. The second-order valence-electron chi connectivity index (χ2n) is 14.0. The Hall–Kier alpha value is -1.66. The molecule has 0 radical (unpaired) electrons. The van der Waals surface area contributed by atoms with Crippen LogP contribution in [0, 0.1) is 41.5 Å². The van der Waals surface area contributed by atoms with Crippen LogP contribution in [0.4, 0.5) is 17.1 Å². The molecule has 3 aromatic rings. The Kier molecular flexibility index (Phi) is 14.3. The van der Waals surface area contributed by atoms with Crippen molar-refractivity contribution in [2.45, 2.75) is 72.6 Å². The summed E-state index contributed by atoms with van der Waals surface area (Å²) in [6.45, 7) is 23.3. The van der Waals surface area contributed by atoms with E-state index >= 15 is 0 Å². The smallest absolute Gasteiger partial charge is 1.00 e. The second kappa shape index (κ2) is 15.5. The van der Waals surface area contributed by atoms with Gasteiger partial charge in [-0.3, -0.25) is 0 Å². The van der Waals surface area contributed by atoms with Crippen LogP contribution in [0.1, 0.15) is 61.1 Å². The van der Waals surface area contributed by atoms with Crippen molar-refractivity contribution in [2.75, 3.05) is 57.0 Å². The van der Waals surface area contributed by atoms with Gasteiger partial charge in [0.2, 0.25) is 0 Å². The fourth-order valence-corrected chi connectivity index (χ4v) is 16.5. The third-order valence-electron chi connectivity index (χ3n) is 11.0. The first-order valence-electron chi connectivity index (χ1n) is 15.8. The van der Waals surface area contributed by atoms with Gasteiger partial charge in [-0.1, -0.05) is 0 Å². The molecule has 0 bridgehead atoms. The fourth-order valence-electron chi connectivity index (χ4n) is 7.68. The SMILES string of the molecule is CC1=C(C)[C]([Ti+3])([Si](c2cc(C)c(C)c(N(C)C)c2)(c2cc(C)c(C)c(N(C)C)c2)c2cc(C)c(C)c(N(C)C)c2)C(C)=C1C.[Cl-].[Cl-].[Cl-]. The van der Waals surface area contributed by atoms with Crippen molar-refractivity contribution in [1.29, 1.82) is 0 Å². The number of anilines is 3. The van der Waals surface area contributed by atoms with Gasteiger partial charge in [-0.05, 0) is 0 Å². The van der Waals surface area contributed by atoms with E-state index < -0.39 is 8.07 Å². The summed E-state index contributed by atoms with van der Waals surface area (Å²) in [4.78, 5) is 6.92. The number of benzene rings is 3.